The minimum absolute atomic E-state index is 0.176. The van der Waals surface area contributed by atoms with Crippen LogP contribution in [-0.4, -0.2) is 28.7 Å². The molecule has 1 N–H and O–H groups in total. The molecule has 0 aromatic rings. The second kappa shape index (κ2) is 3.11. The molecule has 0 fully saturated rings. The van der Waals surface area contributed by atoms with Crippen LogP contribution in [0.5, 0.6) is 0 Å². The van der Waals surface area contributed by atoms with Crippen LogP contribution in [-0.2, 0) is 9.63 Å². The summed E-state index contributed by atoms with van der Waals surface area (Å²) in [5, 5.41) is 16.9. The Balaban J connectivity index is 4.05. The molecule has 0 heterocycles. The maximum Gasteiger partial charge on any atom is 0.295 e. The number of carbonyl (C=O) groups is 1. The van der Waals surface area contributed by atoms with Crippen LogP contribution in [0.1, 0.15) is 6.92 Å². The van der Waals surface area contributed by atoms with Gasteiger partial charge in [0.2, 0.25) is 0 Å². The first-order chi connectivity index (χ1) is 4.54. The molecule has 0 rings (SSSR count). The third kappa shape index (κ3) is 2.40. The number of hydrogen-bond donors (Lipinski definition) is 1. The lowest BCUT2D eigenvalue weighted by molar-refractivity contribution is -0.775. The molecular weight excluding hydrogens is 142 g/mol. The monoisotopic (exact) mass is 149 g/mol. The van der Waals surface area contributed by atoms with E-state index < -0.39 is 17.3 Å². The van der Waals surface area contributed by atoms with Crippen molar-refractivity contribution in [2.45, 2.75) is 12.5 Å². The summed E-state index contributed by atoms with van der Waals surface area (Å²) in [6, 6.07) is 0. The van der Waals surface area contributed by atoms with E-state index in [0.717, 1.165) is 6.92 Å². The molecule has 10 heavy (non-hydrogen) atoms. The fourth-order valence-corrected chi connectivity index (χ4v) is 0.258. The van der Waals surface area contributed by atoms with Crippen molar-refractivity contribution in [3.63, 3.8) is 0 Å². The van der Waals surface area contributed by atoms with Crippen LogP contribution in [0, 0.1) is 10.1 Å². The Morgan fingerprint density at radius 2 is 2.40 bits per heavy atom. The van der Waals surface area contributed by atoms with Gasteiger partial charge in [0.15, 0.2) is 11.9 Å². The standard InChI is InChI=1S/C4H7NO5/c1-4(2-6,3-7)10-5(8)9/h2,7H,3H2,1H3. The minimum atomic E-state index is -1.72. The van der Waals surface area contributed by atoms with E-state index in [2.05, 4.69) is 4.84 Å². The van der Waals surface area contributed by atoms with Crippen LogP contribution >= 0.6 is 0 Å². The van der Waals surface area contributed by atoms with Gasteiger partial charge >= 0.3 is 0 Å². The van der Waals surface area contributed by atoms with Gasteiger partial charge in [-0.3, -0.25) is 4.84 Å². The Labute approximate surface area is 56.5 Å². The summed E-state index contributed by atoms with van der Waals surface area (Å²) in [7, 11) is 0. The van der Waals surface area contributed by atoms with Gasteiger partial charge in [0.05, 0.1) is 6.61 Å². The van der Waals surface area contributed by atoms with Gasteiger partial charge in [0.25, 0.3) is 5.09 Å². The summed E-state index contributed by atoms with van der Waals surface area (Å²) in [4.78, 5) is 23.5. The van der Waals surface area contributed by atoms with Crippen LogP contribution in [0.15, 0.2) is 0 Å². The van der Waals surface area contributed by atoms with Gasteiger partial charge in [-0.05, 0) is 6.92 Å². The molecule has 0 amide bonds. The van der Waals surface area contributed by atoms with Gasteiger partial charge in [-0.1, -0.05) is 0 Å². The highest BCUT2D eigenvalue weighted by Gasteiger charge is 2.26. The molecule has 0 bridgehead atoms. The fraction of sp³-hybridized carbons (Fsp3) is 0.750. The average Bonchev–Trinajstić information content (AvgIpc) is 1.87. The highest BCUT2D eigenvalue weighted by molar-refractivity contribution is 5.61. The van der Waals surface area contributed by atoms with Crippen molar-refractivity contribution in [1.29, 1.82) is 0 Å². The molecular formula is C4H7NO5. The van der Waals surface area contributed by atoms with Crippen LogP contribution in [0.4, 0.5) is 0 Å². The van der Waals surface area contributed by atoms with Crippen molar-refractivity contribution in [2.75, 3.05) is 6.61 Å². The first-order valence-electron chi connectivity index (χ1n) is 2.45. The fourth-order valence-electron chi connectivity index (χ4n) is 0.258. The van der Waals surface area contributed by atoms with E-state index in [1.165, 1.54) is 0 Å². The third-order valence-electron chi connectivity index (χ3n) is 0.846. The van der Waals surface area contributed by atoms with Crippen molar-refractivity contribution in [1.82, 2.24) is 0 Å². The summed E-state index contributed by atoms with van der Waals surface area (Å²) in [5.41, 5.74) is -1.72. The van der Waals surface area contributed by atoms with Gasteiger partial charge in [0.1, 0.15) is 0 Å². The van der Waals surface area contributed by atoms with E-state index in [9.17, 15) is 14.9 Å². The van der Waals surface area contributed by atoms with Crippen LogP contribution in [0.3, 0.4) is 0 Å². The largest absolute Gasteiger partial charge is 0.393 e. The van der Waals surface area contributed by atoms with Crippen LogP contribution < -0.4 is 0 Å². The van der Waals surface area contributed by atoms with E-state index in [4.69, 9.17) is 5.11 Å². The lowest BCUT2D eigenvalue weighted by Crippen LogP contribution is -2.36. The highest BCUT2D eigenvalue weighted by atomic mass is 17.0. The van der Waals surface area contributed by atoms with Crippen LogP contribution in [0.2, 0.25) is 0 Å². The van der Waals surface area contributed by atoms with Gasteiger partial charge in [-0.2, -0.15) is 0 Å². The second-order valence-electron chi connectivity index (χ2n) is 1.90. The van der Waals surface area contributed by atoms with Crippen molar-refractivity contribution in [3.05, 3.63) is 10.1 Å². The average molecular weight is 149 g/mol. The molecule has 0 aliphatic rings. The van der Waals surface area contributed by atoms with Gasteiger partial charge in [-0.25, -0.2) is 0 Å². The molecule has 1 unspecified atom stereocenters. The minimum Gasteiger partial charge on any atom is -0.393 e. The van der Waals surface area contributed by atoms with Crippen molar-refractivity contribution in [2.24, 2.45) is 0 Å². The Morgan fingerprint density at radius 1 is 1.90 bits per heavy atom. The summed E-state index contributed by atoms with van der Waals surface area (Å²) < 4.78 is 0. The lowest BCUT2D eigenvalue weighted by atomic mass is 10.1. The zero-order valence-corrected chi connectivity index (χ0v) is 5.31. The summed E-state index contributed by atoms with van der Waals surface area (Å²) >= 11 is 0. The number of aliphatic hydroxyl groups excluding tert-OH is 1. The summed E-state index contributed by atoms with van der Waals surface area (Å²) in [5.74, 6) is 0. The van der Waals surface area contributed by atoms with E-state index in [1.54, 1.807) is 0 Å². The molecule has 6 heteroatoms. The molecule has 0 saturated carbocycles. The number of aliphatic hydroxyl groups is 1. The number of nitrogens with zero attached hydrogens (tertiary/aromatic N) is 1. The Morgan fingerprint density at radius 3 is 2.50 bits per heavy atom. The maximum absolute atomic E-state index is 10.0. The number of carbonyl (C=O) groups excluding carboxylic acids is 1. The molecule has 0 saturated heterocycles. The zero-order valence-electron chi connectivity index (χ0n) is 5.31. The molecule has 1 atom stereocenters. The quantitative estimate of drug-likeness (QED) is 0.319. The zero-order chi connectivity index (χ0) is 8.20. The van der Waals surface area contributed by atoms with E-state index >= 15 is 0 Å². The van der Waals surface area contributed by atoms with Gasteiger partial charge in [-0.15, -0.1) is 10.1 Å². The van der Waals surface area contributed by atoms with E-state index in [1.807, 2.05) is 0 Å². The second-order valence-corrected chi connectivity index (χ2v) is 1.90. The SMILES string of the molecule is CC(C=O)(CO)O[N+](=O)[O-]. The predicted octanol–water partition coefficient (Wildman–Crippen LogP) is -0.855. The number of hydrogen-bond acceptors (Lipinski definition) is 5. The normalized spacial score (nSPS) is 15.4. The van der Waals surface area contributed by atoms with E-state index in [-0.39, 0.29) is 6.29 Å². The molecule has 0 aliphatic carbocycles. The predicted molar refractivity (Wildman–Crippen MR) is 29.6 cm³/mol. The Kier molecular flexibility index (Phi) is 2.75. The van der Waals surface area contributed by atoms with Crippen LogP contribution in [0.25, 0.3) is 0 Å². The van der Waals surface area contributed by atoms with Crippen molar-refractivity contribution >= 4 is 6.29 Å². The van der Waals surface area contributed by atoms with Crippen molar-refractivity contribution in [3.8, 4) is 0 Å². The Bertz CT molecular complexity index is 147. The number of aldehydes is 1. The highest BCUT2D eigenvalue weighted by Crippen LogP contribution is 2.04. The molecule has 0 radical (unpaired) electrons. The third-order valence-corrected chi connectivity index (χ3v) is 0.846. The molecule has 0 aromatic carbocycles. The lowest BCUT2D eigenvalue weighted by Gasteiger charge is -2.15. The first kappa shape index (κ1) is 8.83. The molecule has 0 aromatic heterocycles. The molecule has 6 nitrogen and oxygen atoms in total. The van der Waals surface area contributed by atoms with E-state index in [0.29, 0.717) is 0 Å². The molecule has 0 spiro atoms. The first-order valence-corrected chi connectivity index (χ1v) is 2.45. The Hall–Kier alpha value is -1.17. The molecule has 58 valence electrons. The topological polar surface area (TPSA) is 89.7 Å². The number of rotatable bonds is 4. The smallest absolute Gasteiger partial charge is 0.295 e. The van der Waals surface area contributed by atoms with Gasteiger partial charge < -0.3 is 9.90 Å². The van der Waals surface area contributed by atoms with Gasteiger partial charge in [0, 0.05) is 0 Å². The maximum atomic E-state index is 10.0. The summed E-state index contributed by atoms with van der Waals surface area (Å²) in [6.07, 6.45) is 0.176. The van der Waals surface area contributed by atoms with Crippen molar-refractivity contribution < 1.29 is 19.8 Å². The summed E-state index contributed by atoms with van der Waals surface area (Å²) in [6.45, 7) is 0.403. The molecule has 0 aliphatic heterocycles.